The molecule has 0 radical (unpaired) electrons. The van der Waals surface area contributed by atoms with Crippen LogP contribution in [-0.4, -0.2) is 8.07 Å². The molecule has 2 aromatic heterocycles. The zero-order valence-electron chi connectivity index (χ0n) is 32.7. The number of hydrogen-bond acceptors (Lipinski definition) is 4. The molecule has 5 heteroatoms. The van der Waals surface area contributed by atoms with Gasteiger partial charge in [-0.1, -0.05) is 116 Å². The molecule has 0 atom stereocenters. The summed E-state index contributed by atoms with van der Waals surface area (Å²) >= 11 is 3.74. The van der Waals surface area contributed by atoms with Gasteiger partial charge in [-0.2, -0.15) is 0 Å². The monoisotopic (exact) mass is 806 g/mol. The maximum atomic E-state index is 2.54. The lowest BCUT2D eigenvalue weighted by Crippen LogP contribution is -2.56. The summed E-state index contributed by atoms with van der Waals surface area (Å²) in [5, 5.41) is 10.9. The molecular weight excluding hydrogens is 769 g/mol. The van der Waals surface area contributed by atoms with Crippen LogP contribution in [-0.2, 0) is 0 Å². The van der Waals surface area contributed by atoms with Crippen LogP contribution in [0, 0.1) is 0 Å². The molecule has 0 aliphatic carbocycles. The van der Waals surface area contributed by atoms with E-state index >= 15 is 0 Å². The first kappa shape index (κ1) is 34.5. The highest BCUT2D eigenvalue weighted by Crippen LogP contribution is 2.47. The quantitative estimate of drug-likeness (QED) is 0.154. The van der Waals surface area contributed by atoms with Crippen LogP contribution in [0.4, 0.5) is 34.1 Å². The van der Waals surface area contributed by atoms with Gasteiger partial charge in [0.05, 0.1) is 5.69 Å². The highest BCUT2D eigenvalue weighted by Gasteiger charge is 2.37. The summed E-state index contributed by atoms with van der Waals surface area (Å²) in [5.41, 5.74) is 9.70. The van der Waals surface area contributed by atoms with Gasteiger partial charge < -0.3 is 9.80 Å². The normalized spacial score (nSPS) is 13.1. The van der Waals surface area contributed by atoms with E-state index in [0.717, 1.165) is 11.4 Å². The maximum Gasteiger partial charge on any atom is 0.113 e. The molecule has 0 fully saturated rings. The fourth-order valence-electron chi connectivity index (χ4n) is 9.63. The summed E-state index contributed by atoms with van der Waals surface area (Å²) in [4.78, 5) is 4.91. The minimum absolute atomic E-state index is 1.15. The summed E-state index contributed by atoms with van der Waals surface area (Å²) in [6.07, 6.45) is 0. The van der Waals surface area contributed by atoms with E-state index < -0.39 is 8.07 Å². The largest absolute Gasteiger partial charge is 0.310 e. The first-order valence-corrected chi connectivity index (χ1v) is 24.9. The van der Waals surface area contributed by atoms with E-state index in [4.69, 9.17) is 0 Å². The van der Waals surface area contributed by atoms with Gasteiger partial charge in [-0.3, -0.25) is 0 Å². The van der Waals surface area contributed by atoms with Gasteiger partial charge in [0.1, 0.15) is 8.07 Å². The second-order valence-electron chi connectivity index (χ2n) is 16.1. The molecule has 0 saturated carbocycles. The first-order valence-electron chi connectivity index (χ1n) is 20.3. The Kier molecular flexibility index (Phi) is 7.76. The van der Waals surface area contributed by atoms with Crippen molar-refractivity contribution in [1.82, 2.24) is 0 Å². The average molecular weight is 807 g/mol. The average Bonchev–Trinajstić information content (AvgIpc) is 3.85. The molecule has 1 aliphatic rings. The molecule has 2 nitrogen and oxygen atoms in total. The van der Waals surface area contributed by atoms with E-state index in [1.807, 2.05) is 22.7 Å². The minimum Gasteiger partial charge on any atom is -0.310 e. The lowest BCUT2D eigenvalue weighted by Gasteiger charge is -2.36. The van der Waals surface area contributed by atoms with Crippen LogP contribution in [0.5, 0.6) is 0 Å². The lowest BCUT2D eigenvalue weighted by atomic mass is 9.95. The Labute approximate surface area is 352 Å². The molecule has 12 rings (SSSR count). The molecule has 0 bridgehead atoms. The van der Waals surface area contributed by atoms with Crippen LogP contribution < -0.4 is 20.2 Å². The third kappa shape index (κ3) is 5.35. The molecule has 11 aromatic rings. The third-order valence-electron chi connectivity index (χ3n) is 12.4. The topological polar surface area (TPSA) is 6.48 Å². The molecule has 59 heavy (non-hydrogen) atoms. The Balaban J connectivity index is 1.03. The van der Waals surface area contributed by atoms with Gasteiger partial charge in [0.15, 0.2) is 0 Å². The van der Waals surface area contributed by atoms with Gasteiger partial charge in [0.25, 0.3) is 0 Å². The summed E-state index contributed by atoms with van der Waals surface area (Å²) < 4.78 is 5.28. The fraction of sp³-hybridized carbons (Fsp3) is 0.0370. The predicted molar refractivity (Wildman–Crippen MR) is 261 cm³/mol. The van der Waals surface area contributed by atoms with Gasteiger partial charge in [-0.05, 0) is 118 Å². The Morgan fingerprint density at radius 2 is 0.831 bits per heavy atom. The van der Waals surface area contributed by atoms with Crippen LogP contribution in [0.25, 0.3) is 62.2 Å². The maximum absolute atomic E-state index is 2.54. The van der Waals surface area contributed by atoms with Crippen molar-refractivity contribution in [1.29, 1.82) is 0 Å². The van der Waals surface area contributed by atoms with Crippen LogP contribution in [0.2, 0.25) is 13.1 Å². The standard InChI is InChI=1S/C54H38N2S2Si/c1-59(2)52-23-13-20-44-47(56(36-16-7-4-8-17-36)38-26-31-51-46(33-38)41-19-10-12-22-49(41)58-51)29-28-43(54(44)52)42-27-24-39(34-53(42)59)55(35-14-5-3-6-15-35)37-25-30-50-45(32-37)40-18-9-11-21-48(40)57-50/h3-34H,1-2H3. The molecule has 3 heterocycles. The molecule has 0 N–H and O–H groups in total. The third-order valence-corrected chi connectivity index (χ3v) is 18.2. The smallest absolute Gasteiger partial charge is 0.113 e. The predicted octanol–water partition coefficient (Wildman–Crippen LogP) is 15.3. The number of para-hydroxylation sites is 2. The summed E-state index contributed by atoms with van der Waals surface area (Å²) in [7, 11) is -2.23. The summed E-state index contributed by atoms with van der Waals surface area (Å²) in [6.45, 7) is 5.09. The summed E-state index contributed by atoms with van der Waals surface area (Å²) in [5.74, 6) is 0. The van der Waals surface area contributed by atoms with Crippen molar-refractivity contribution in [2.75, 3.05) is 9.80 Å². The highest BCUT2D eigenvalue weighted by molar-refractivity contribution is 7.26. The van der Waals surface area contributed by atoms with E-state index in [1.165, 1.54) is 95.4 Å². The molecule has 0 amide bonds. The van der Waals surface area contributed by atoms with Crippen molar-refractivity contribution in [3.8, 4) is 11.1 Å². The molecule has 280 valence electrons. The van der Waals surface area contributed by atoms with Gasteiger partial charge >= 0.3 is 0 Å². The van der Waals surface area contributed by atoms with Crippen molar-refractivity contribution in [3.05, 3.63) is 194 Å². The van der Waals surface area contributed by atoms with Crippen molar-refractivity contribution >= 4 is 126 Å². The SMILES string of the molecule is C[Si]1(C)c2cc(N(c3ccccc3)c3ccc4sc5ccccc5c4c3)ccc2-c2ccc(N(c3ccccc3)c3ccc4sc5ccccc5c4c3)c3cccc1c23. The van der Waals surface area contributed by atoms with E-state index in [1.54, 1.807) is 0 Å². The van der Waals surface area contributed by atoms with Crippen LogP contribution in [0.3, 0.4) is 0 Å². The molecule has 9 aromatic carbocycles. The number of fused-ring (bicyclic) bond motifs is 8. The summed E-state index contributed by atoms with van der Waals surface area (Å²) in [6, 6.07) is 72.3. The Morgan fingerprint density at radius 3 is 1.47 bits per heavy atom. The van der Waals surface area contributed by atoms with Crippen LogP contribution in [0.1, 0.15) is 0 Å². The van der Waals surface area contributed by atoms with Crippen molar-refractivity contribution in [2.24, 2.45) is 0 Å². The molecule has 0 unspecified atom stereocenters. The molecule has 1 aliphatic heterocycles. The molecular formula is C54H38N2S2Si. The molecule has 0 spiro atoms. The second kappa shape index (κ2) is 13.3. The number of nitrogens with zero attached hydrogens (tertiary/aromatic N) is 2. The van der Waals surface area contributed by atoms with E-state index in [-0.39, 0.29) is 0 Å². The Morgan fingerprint density at radius 1 is 0.339 bits per heavy atom. The number of benzene rings is 9. The number of rotatable bonds is 6. The van der Waals surface area contributed by atoms with E-state index in [2.05, 4.69) is 217 Å². The first-order chi connectivity index (χ1) is 29.0. The van der Waals surface area contributed by atoms with Gasteiger partial charge in [0.2, 0.25) is 0 Å². The van der Waals surface area contributed by atoms with Crippen LogP contribution >= 0.6 is 22.7 Å². The minimum atomic E-state index is -2.23. The number of thiophene rings is 2. The number of anilines is 6. The number of hydrogen-bond donors (Lipinski definition) is 0. The zero-order chi connectivity index (χ0) is 39.2. The second-order valence-corrected chi connectivity index (χ2v) is 22.6. The highest BCUT2D eigenvalue weighted by atomic mass is 32.1. The molecule has 0 saturated heterocycles. The lowest BCUT2D eigenvalue weighted by molar-refractivity contribution is 1.29. The van der Waals surface area contributed by atoms with E-state index in [9.17, 15) is 0 Å². The van der Waals surface area contributed by atoms with Gasteiger partial charge in [0, 0.05) is 74.2 Å². The zero-order valence-corrected chi connectivity index (χ0v) is 35.3. The Hall–Kier alpha value is -6.50. The Bertz CT molecular complexity index is 3440. The van der Waals surface area contributed by atoms with Crippen molar-refractivity contribution in [3.63, 3.8) is 0 Å². The van der Waals surface area contributed by atoms with Gasteiger partial charge in [-0.15, -0.1) is 22.7 Å². The van der Waals surface area contributed by atoms with Gasteiger partial charge in [-0.25, -0.2) is 0 Å². The van der Waals surface area contributed by atoms with Crippen LogP contribution in [0.15, 0.2) is 194 Å². The van der Waals surface area contributed by atoms with Crippen molar-refractivity contribution < 1.29 is 0 Å². The fourth-order valence-corrected chi connectivity index (χ4v) is 14.9. The van der Waals surface area contributed by atoms with E-state index in [0.29, 0.717) is 0 Å². The van der Waals surface area contributed by atoms with Crippen molar-refractivity contribution in [2.45, 2.75) is 13.1 Å².